The topological polar surface area (TPSA) is 44.8 Å². The zero-order valence-electron chi connectivity index (χ0n) is 27.9. The number of rotatable bonds is 9. The van der Waals surface area contributed by atoms with Crippen LogP contribution in [0.5, 0.6) is 11.5 Å². The second kappa shape index (κ2) is 13.3. The molecule has 4 aromatic rings. The minimum atomic E-state index is 0.287. The predicted octanol–water partition coefficient (Wildman–Crippen LogP) is 11.0. The van der Waals surface area contributed by atoms with Crippen LogP contribution in [0.25, 0.3) is 21.5 Å². The third-order valence-electron chi connectivity index (χ3n) is 12.5. The van der Waals surface area contributed by atoms with Gasteiger partial charge in [-0.1, -0.05) is 49.2 Å². The van der Waals surface area contributed by atoms with E-state index in [1.807, 2.05) is 24.3 Å². The first-order chi connectivity index (χ1) is 23.0. The number of hydrogen-bond donors (Lipinski definition) is 0. The molecule has 0 amide bonds. The predicted molar refractivity (Wildman–Crippen MR) is 189 cm³/mol. The molecular weight excluding hydrogens is 580 g/mol. The van der Waals surface area contributed by atoms with E-state index in [0.29, 0.717) is 35.0 Å². The van der Waals surface area contributed by atoms with Crippen molar-refractivity contribution in [2.24, 2.45) is 16.7 Å². The van der Waals surface area contributed by atoms with Gasteiger partial charge in [0.25, 0.3) is 0 Å². The summed E-state index contributed by atoms with van der Waals surface area (Å²) in [5.41, 5.74) is 3.09. The number of ether oxygens (including phenoxy) is 3. The normalized spacial score (nSPS) is 23.9. The maximum absolute atomic E-state index is 11.1. The highest BCUT2D eigenvalue weighted by Crippen LogP contribution is 2.52. The largest absolute Gasteiger partial charge is 0.490 e. The molecule has 0 bridgehead atoms. The highest BCUT2D eigenvalue weighted by molar-refractivity contribution is 5.89. The minimum absolute atomic E-state index is 0.287. The number of fused-ring (bicyclic) bond motifs is 2. The lowest BCUT2D eigenvalue weighted by Crippen LogP contribution is -2.31. The number of aldehydes is 1. The molecule has 0 N–H and O–H groups in total. The minimum Gasteiger partial charge on any atom is -0.490 e. The summed E-state index contributed by atoms with van der Waals surface area (Å²) in [6, 6.07) is 25.4. The van der Waals surface area contributed by atoms with Crippen molar-refractivity contribution in [3.63, 3.8) is 0 Å². The lowest BCUT2D eigenvalue weighted by Gasteiger charge is -2.37. The van der Waals surface area contributed by atoms with Crippen molar-refractivity contribution in [1.29, 1.82) is 0 Å². The van der Waals surface area contributed by atoms with E-state index in [1.54, 1.807) is 0 Å². The molecule has 0 radical (unpaired) electrons. The molecule has 1 unspecified atom stereocenters. The molecule has 4 fully saturated rings. The Morgan fingerprint density at radius 1 is 0.596 bits per heavy atom. The molecule has 0 heterocycles. The maximum Gasteiger partial charge on any atom is 0.150 e. The van der Waals surface area contributed by atoms with Crippen LogP contribution >= 0.6 is 0 Å². The average Bonchev–Trinajstić information content (AvgIpc) is 3.74. The van der Waals surface area contributed by atoms with E-state index in [1.165, 1.54) is 99.8 Å². The van der Waals surface area contributed by atoms with E-state index in [0.717, 1.165) is 48.0 Å². The summed E-state index contributed by atoms with van der Waals surface area (Å²) >= 11 is 0. The van der Waals surface area contributed by atoms with Crippen molar-refractivity contribution >= 4 is 27.8 Å². The molecule has 47 heavy (non-hydrogen) atoms. The van der Waals surface area contributed by atoms with Crippen molar-refractivity contribution in [3.05, 3.63) is 83.9 Å². The Balaban J connectivity index is 0.779. The molecule has 4 aromatic carbocycles. The first-order valence-electron chi connectivity index (χ1n) is 18.5. The van der Waals surface area contributed by atoms with Gasteiger partial charge >= 0.3 is 0 Å². The van der Waals surface area contributed by atoms with Crippen molar-refractivity contribution in [3.8, 4) is 11.5 Å². The molecule has 2 spiro atoms. The summed E-state index contributed by atoms with van der Waals surface area (Å²) in [4.78, 5) is 11.1. The highest BCUT2D eigenvalue weighted by Gasteiger charge is 2.42. The zero-order valence-corrected chi connectivity index (χ0v) is 27.9. The SMILES string of the molecule is O=Cc1ccc2cc(OC3CCC4(CCC(COCc5ccc6cc(OC7CCC8(CCCC8)CC7)ccc6c5)C4)CC3)ccc2c1. The molecule has 4 heteroatoms. The van der Waals surface area contributed by atoms with Gasteiger partial charge in [0.15, 0.2) is 0 Å². The lowest BCUT2D eigenvalue weighted by molar-refractivity contribution is 0.0624. The van der Waals surface area contributed by atoms with Crippen LogP contribution in [0.1, 0.15) is 112 Å². The average molecular weight is 631 g/mol. The second-order valence-electron chi connectivity index (χ2n) is 15.7. The Labute approximate surface area is 280 Å². The second-order valence-corrected chi connectivity index (χ2v) is 15.7. The third kappa shape index (κ3) is 6.95. The van der Waals surface area contributed by atoms with Crippen molar-refractivity contribution in [2.75, 3.05) is 6.61 Å². The van der Waals surface area contributed by atoms with Gasteiger partial charge < -0.3 is 14.2 Å². The quantitative estimate of drug-likeness (QED) is 0.173. The Kier molecular flexibility index (Phi) is 8.73. The van der Waals surface area contributed by atoms with Gasteiger partial charge in [0.05, 0.1) is 18.8 Å². The van der Waals surface area contributed by atoms with Crippen molar-refractivity contribution in [1.82, 2.24) is 0 Å². The van der Waals surface area contributed by atoms with Gasteiger partial charge in [0.1, 0.15) is 17.8 Å². The van der Waals surface area contributed by atoms with Gasteiger partial charge in [0.2, 0.25) is 0 Å². The van der Waals surface area contributed by atoms with E-state index in [-0.39, 0.29) is 6.10 Å². The molecule has 4 aliphatic rings. The molecule has 4 aliphatic carbocycles. The summed E-state index contributed by atoms with van der Waals surface area (Å²) in [5, 5.41) is 4.71. The number of benzene rings is 4. The summed E-state index contributed by atoms with van der Waals surface area (Å²) in [7, 11) is 0. The van der Waals surface area contributed by atoms with Gasteiger partial charge in [-0.25, -0.2) is 0 Å². The van der Waals surface area contributed by atoms with Crippen LogP contribution in [0.3, 0.4) is 0 Å². The van der Waals surface area contributed by atoms with Gasteiger partial charge in [-0.15, -0.1) is 0 Å². The Bertz CT molecular complexity index is 1700. The van der Waals surface area contributed by atoms with Crippen LogP contribution in [-0.4, -0.2) is 25.1 Å². The first-order valence-corrected chi connectivity index (χ1v) is 18.5. The van der Waals surface area contributed by atoms with E-state index >= 15 is 0 Å². The van der Waals surface area contributed by atoms with E-state index in [9.17, 15) is 4.79 Å². The van der Waals surface area contributed by atoms with Crippen LogP contribution in [0.15, 0.2) is 72.8 Å². The zero-order chi connectivity index (χ0) is 31.7. The Morgan fingerprint density at radius 2 is 1.15 bits per heavy atom. The monoisotopic (exact) mass is 630 g/mol. The van der Waals surface area contributed by atoms with Crippen LogP contribution < -0.4 is 9.47 Å². The molecule has 0 aromatic heterocycles. The smallest absolute Gasteiger partial charge is 0.150 e. The number of carbonyl (C=O) groups excluding carboxylic acids is 1. The summed E-state index contributed by atoms with van der Waals surface area (Å²) in [6.07, 6.45) is 21.1. The first kappa shape index (κ1) is 30.9. The van der Waals surface area contributed by atoms with Crippen LogP contribution in [0.4, 0.5) is 0 Å². The Morgan fingerprint density at radius 3 is 1.81 bits per heavy atom. The molecular formula is C43H50O4. The van der Waals surface area contributed by atoms with Crippen molar-refractivity contribution in [2.45, 2.75) is 115 Å². The Hall–Kier alpha value is -3.37. The summed E-state index contributed by atoms with van der Waals surface area (Å²) in [5.74, 6) is 2.62. The van der Waals surface area contributed by atoms with Crippen LogP contribution in [0, 0.1) is 16.7 Å². The van der Waals surface area contributed by atoms with Gasteiger partial charge in [-0.3, -0.25) is 4.79 Å². The fraction of sp³-hybridized carbons (Fsp3) is 0.512. The standard InChI is InChI=1S/C43H50O4/c44-28-31-3-5-36-25-40(9-7-34(36)23-31)47-39-14-21-43(22-15-39)18-11-33(27-43)30-45-29-32-4-6-37-26-41(10-8-35(37)24-32)46-38-12-19-42(20-13-38)16-1-2-17-42/h3-10,23-26,28,33,38-39H,1-2,11-22,27,29-30H2. The van der Waals surface area contributed by atoms with E-state index < -0.39 is 0 Å². The molecule has 1 atom stereocenters. The lowest BCUT2D eigenvalue weighted by atomic mass is 9.71. The summed E-state index contributed by atoms with van der Waals surface area (Å²) in [6.45, 7) is 1.54. The van der Waals surface area contributed by atoms with Gasteiger partial charge in [-0.2, -0.15) is 0 Å². The molecule has 0 saturated heterocycles. The van der Waals surface area contributed by atoms with Crippen LogP contribution in [-0.2, 0) is 11.3 Å². The van der Waals surface area contributed by atoms with E-state index in [4.69, 9.17) is 14.2 Å². The van der Waals surface area contributed by atoms with E-state index in [2.05, 4.69) is 48.5 Å². The highest BCUT2D eigenvalue weighted by atomic mass is 16.5. The van der Waals surface area contributed by atoms with Crippen molar-refractivity contribution < 1.29 is 19.0 Å². The third-order valence-corrected chi connectivity index (χ3v) is 12.5. The van der Waals surface area contributed by atoms with Crippen LogP contribution in [0.2, 0.25) is 0 Å². The number of hydrogen-bond acceptors (Lipinski definition) is 4. The van der Waals surface area contributed by atoms with Gasteiger partial charge in [-0.05, 0) is 164 Å². The molecule has 8 rings (SSSR count). The fourth-order valence-electron chi connectivity index (χ4n) is 9.74. The summed E-state index contributed by atoms with van der Waals surface area (Å²) < 4.78 is 19.3. The number of carbonyl (C=O) groups is 1. The fourth-order valence-corrected chi connectivity index (χ4v) is 9.74. The molecule has 0 aliphatic heterocycles. The molecule has 4 saturated carbocycles. The molecule has 246 valence electrons. The molecule has 4 nitrogen and oxygen atoms in total. The van der Waals surface area contributed by atoms with Gasteiger partial charge in [0, 0.05) is 12.2 Å². The maximum atomic E-state index is 11.1.